The molecule has 14 heteroatoms. The molecule has 2 aliphatic carbocycles. The monoisotopic (exact) mass is 1000 g/mol. The van der Waals surface area contributed by atoms with E-state index in [9.17, 15) is 24.6 Å². The third-order valence-electron chi connectivity index (χ3n) is 14.3. The number of fused-ring (bicyclic) bond motifs is 9. The summed E-state index contributed by atoms with van der Waals surface area (Å²) in [6.07, 6.45) is 11.9. The SMILES string of the molecule is COc1ccc2c3c(n(Cc4ccc(C(=O)O)s4)c2c1)CCCC3.COc1cccc(C(=O)O)c1Cn1c2c(c3cccnc31)CCCC2.O=C(O)c1ccccc1Cn1c2c(c3ccccc31)CSCC2. The van der Waals surface area contributed by atoms with Gasteiger partial charge in [-0.3, -0.25) is 0 Å². The van der Waals surface area contributed by atoms with Crippen LogP contribution in [0.1, 0.15) is 106 Å². The molecule has 5 aromatic heterocycles. The average Bonchev–Trinajstić information content (AvgIpc) is 4.18. The minimum atomic E-state index is -0.938. The number of carboxylic acid groups (broad SMARTS) is 3. The second-order valence-corrected chi connectivity index (χ2v) is 20.6. The van der Waals surface area contributed by atoms with Crippen LogP contribution in [0.15, 0.2) is 115 Å². The molecule has 1 aliphatic heterocycles. The first kappa shape index (κ1) is 48.3. The van der Waals surface area contributed by atoms with E-state index in [1.807, 2.05) is 48.2 Å². The predicted molar refractivity (Wildman–Crippen MR) is 285 cm³/mol. The summed E-state index contributed by atoms with van der Waals surface area (Å²) in [6, 6.07) is 34.9. The molecule has 0 unspecified atom stereocenters. The lowest BCUT2D eigenvalue weighted by Crippen LogP contribution is -2.13. The van der Waals surface area contributed by atoms with Gasteiger partial charge in [0, 0.05) is 73.8 Å². The summed E-state index contributed by atoms with van der Waals surface area (Å²) in [5.41, 5.74) is 13.8. The summed E-state index contributed by atoms with van der Waals surface area (Å²) in [7, 11) is 3.26. The van der Waals surface area contributed by atoms with Gasteiger partial charge in [0.1, 0.15) is 22.0 Å². The van der Waals surface area contributed by atoms with E-state index in [4.69, 9.17) is 14.6 Å². The molecule has 72 heavy (non-hydrogen) atoms. The third kappa shape index (κ3) is 9.48. The van der Waals surface area contributed by atoms with Gasteiger partial charge in [-0.1, -0.05) is 42.5 Å². The van der Waals surface area contributed by atoms with E-state index < -0.39 is 17.9 Å². The second kappa shape index (κ2) is 21.2. The van der Waals surface area contributed by atoms with Gasteiger partial charge in [-0.2, -0.15) is 11.8 Å². The molecule has 0 spiro atoms. The van der Waals surface area contributed by atoms with E-state index in [1.165, 1.54) is 91.6 Å². The fraction of sp³-hybridized carbons (Fsp3) is 0.276. The quantitative estimate of drug-likeness (QED) is 0.114. The molecule has 368 valence electrons. The van der Waals surface area contributed by atoms with E-state index in [0.29, 0.717) is 34.8 Å². The van der Waals surface area contributed by atoms with Gasteiger partial charge in [-0.25, -0.2) is 19.4 Å². The highest BCUT2D eigenvalue weighted by Gasteiger charge is 2.25. The molecule has 3 N–H and O–H groups in total. The number of carboxylic acids is 3. The smallest absolute Gasteiger partial charge is 0.345 e. The molecular formula is C58H56N4O8S2. The van der Waals surface area contributed by atoms with E-state index >= 15 is 0 Å². The maximum Gasteiger partial charge on any atom is 0.345 e. The van der Waals surface area contributed by atoms with Gasteiger partial charge in [0.2, 0.25) is 0 Å². The number of hydrogen-bond acceptors (Lipinski definition) is 8. The van der Waals surface area contributed by atoms with Crippen LogP contribution in [0.25, 0.3) is 32.8 Å². The first-order chi connectivity index (χ1) is 35.1. The van der Waals surface area contributed by atoms with Gasteiger partial charge in [0.05, 0.1) is 44.0 Å². The molecule has 4 aromatic carbocycles. The summed E-state index contributed by atoms with van der Waals surface area (Å²) >= 11 is 3.33. The normalized spacial score (nSPS) is 13.8. The molecule has 0 amide bonds. The highest BCUT2D eigenvalue weighted by atomic mass is 32.2. The van der Waals surface area contributed by atoms with Crippen molar-refractivity contribution in [1.82, 2.24) is 18.7 Å². The van der Waals surface area contributed by atoms with Crippen LogP contribution in [-0.4, -0.2) is 71.9 Å². The van der Waals surface area contributed by atoms with Gasteiger partial charge in [-0.05, 0) is 146 Å². The Bertz CT molecular complexity index is 3510. The Kier molecular flexibility index (Phi) is 14.2. The Morgan fingerprint density at radius 2 is 1.25 bits per heavy atom. The van der Waals surface area contributed by atoms with Crippen LogP contribution >= 0.6 is 23.1 Å². The molecule has 12 rings (SSSR count). The van der Waals surface area contributed by atoms with Crippen molar-refractivity contribution in [3.05, 3.63) is 181 Å². The van der Waals surface area contributed by atoms with E-state index in [1.54, 1.807) is 50.7 Å². The first-order valence-electron chi connectivity index (χ1n) is 24.5. The lowest BCUT2D eigenvalue weighted by Gasteiger charge is -2.18. The van der Waals surface area contributed by atoms with Crippen molar-refractivity contribution in [3.63, 3.8) is 0 Å². The highest BCUT2D eigenvalue weighted by molar-refractivity contribution is 7.98. The van der Waals surface area contributed by atoms with Gasteiger partial charge in [0.15, 0.2) is 0 Å². The van der Waals surface area contributed by atoms with Gasteiger partial charge in [-0.15, -0.1) is 11.3 Å². The predicted octanol–water partition coefficient (Wildman–Crippen LogP) is 12.2. The molecule has 0 saturated carbocycles. The Morgan fingerprint density at radius 3 is 2.00 bits per heavy atom. The van der Waals surface area contributed by atoms with Crippen molar-refractivity contribution in [2.24, 2.45) is 0 Å². The van der Waals surface area contributed by atoms with Crippen LogP contribution < -0.4 is 9.47 Å². The summed E-state index contributed by atoms with van der Waals surface area (Å²) in [4.78, 5) is 40.4. The van der Waals surface area contributed by atoms with Crippen LogP contribution in [0.4, 0.5) is 0 Å². The number of nitrogens with zero attached hydrogens (tertiary/aromatic N) is 4. The maximum absolute atomic E-state index is 11.7. The zero-order valence-corrected chi connectivity index (χ0v) is 42.0. The first-order valence-corrected chi connectivity index (χ1v) is 26.4. The number of aromatic carboxylic acids is 3. The lowest BCUT2D eigenvalue weighted by atomic mass is 9.95. The minimum absolute atomic E-state index is 0.279. The number of methoxy groups -OCH3 is 2. The number of aryl methyl sites for hydroxylation is 2. The molecule has 12 nitrogen and oxygen atoms in total. The number of thiophene rings is 1. The Balaban J connectivity index is 0.000000124. The average molecular weight is 1000 g/mol. The van der Waals surface area contributed by atoms with E-state index in [-0.39, 0.29) is 5.56 Å². The molecule has 0 fully saturated rings. The third-order valence-corrected chi connectivity index (χ3v) is 16.3. The van der Waals surface area contributed by atoms with Gasteiger partial charge < -0.3 is 38.5 Å². The highest BCUT2D eigenvalue weighted by Crippen LogP contribution is 2.38. The number of ether oxygens (including phenoxy) is 2. The van der Waals surface area contributed by atoms with Crippen LogP contribution in [0.3, 0.4) is 0 Å². The zero-order chi connectivity index (χ0) is 49.9. The molecular weight excluding hydrogens is 945 g/mol. The van der Waals surface area contributed by atoms with Crippen molar-refractivity contribution in [3.8, 4) is 11.5 Å². The molecule has 0 bridgehead atoms. The number of rotatable bonds is 11. The van der Waals surface area contributed by atoms with Crippen molar-refractivity contribution in [2.45, 2.75) is 83.2 Å². The molecule has 6 heterocycles. The van der Waals surface area contributed by atoms with Crippen LogP contribution in [0, 0.1) is 0 Å². The largest absolute Gasteiger partial charge is 0.497 e. The van der Waals surface area contributed by atoms with E-state index in [0.717, 1.165) is 78.4 Å². The van der Waals surface area contributed by atoms with Gasteiger partial charge >= 0.3 is 17.9 Å². The van der Waals surface area contributed by atoms with Crippen molar-refractivity contribution in [1.29, 1.82) is 0 Å². The van der Waals surface area contributed by atoms with Crippen LogP contribution in [0.2, 0.25) is 0 Å². The summed E-state index contributed by atoms with van der Waals surface area (Å²) in [5, 5.41) is 32.0. The molecule has 0 saturated heterocycles. The molecule has 9 aromatic rings. The standard InChI is InChI=1S/C20H20N2O3.C19H19NO3S.C19H17NO2S/c1-25-18-10-4-7-15(20(23)24)16(18)12-22-17-9-3-2-6-13(17)14-8-5-11-21-19(14)22;1-23-12-6-8-15-14-4-2-3-5-16(14)20(17(15)10-12)11-13-7-9-18(24-13)19(21)22;21-19(22)14-6-2-1-5-13(14)11-20-17-8-4-3-7-15(17)16-12-23-10-9-18(16)20/h4-5,7-8,10-11H,2-3,6,9,12H2,1H3,(H,23,24);6-10H,2-5,11H2,1H3,(H,21,22);1-8H,9-12H2,(H,21,22). The molecule has 0 radical (unpaired) electrons. The molecule has 0 atom stereocenters. The summed E-state index contributed by atoms with van der Waals surface area (Å²) in [5.74, 6) is 0.979. The number of para-hydroxylation sites is 1. The Morgan fingerprint density at radius 1 is 0.583 bits per heavy atom. The lowest BCUT2D eigenvalue weighted by molar-refractivity contribution is 0.0684. The van der Waals surface area contributed by atoms with Crippen LogP contribution in [-0.2, 0) is 57.5 Å². The Labute approximate surface area is 425 Å². The summed E-state index contributed by atoms with van der Waals surface area (Å²) in [6.45, 7) is 1.79. The van der Waals surface area contributed by atoms with Crippen molar-refractivity contribution >= 4 is 73.8 Å². The fourth-order valence-corrected chi connectivity index (χ4v) is 12.8. The number of pyridine rings is 1. The van der Waals surface area contributed by atoms with Crippen molar-refractivity contribution in [2.75, 3.05) is 20.0 Å². The van der Waals surface area contributed by atoms with E-state index in [2.05, 4.69) is 61.1 Å². The fourth-order valence-electron chi connectivity index (χ4n) is 11.0. The molecule has 3 aliphatic rings. The van der Waals surface area contributed by atoms with Crippen LogP contribution in [0.5, 0.6) is 11.5 Å². The number of hydrogen-bond donors (Lipinski definition) is 3. The van der Waals surface area contributed by atoms with Crippen molar-refractivity contribution < 1.29 is 39.2 Å². The number of thioether (sulfide) groups is 1. The summed E-state index contributed by atoms with van der Waals surface area (Å²) < 4.78 is 17.7. The minimum Gasteiger partial charge on any atom is -0.497 e. The Hall–Kier alpha value is -7.29. The maximum atomic E-state index is 11.7. The number of benzene rings is 4. The second-order valence-electron chi connectivity index (χ2n) is 18.4. The van der Waals surface area contributed by atoms with Gasteiger partial charge in [0.25, 0.3) is 0 Å². The number of aromatic nitrogens is 4. The number of carbonyl (C=O) groups is 3. The zero-order valence-electron chi connectivity index (χ0n) is 40.4. The topological polar surface area (TPSA) is 158 Å².